The first-order valence-corrected chi connectivity index (χ1v) is 7.23. The standard InChI is InChI=1S/C12H17BrOS/c1-3-10(8-13)9-15-12-6-4-5-11(7-12)14-2/h4-7,10H,3,8-9H2,1-2H3. The maximum Gasteiger partial charge on any atom is 0.119 e. The minimum absolute atomic E-state index is 0.751. The van der Waals surface area contributed by atoms with E-state index >= 15 is 0 Å². The number of benzene rings is 1. The molecule has 0 saturated heterocycles. The van der Waals surface area contributed by atoms with Gasteiger partial charge in [-0.25, -0.2) is 0 Å². The van der Waals surface area contributed by atoms with E-state index in [2.05, 4.69) is 35.0 Å². The van der Waals surface area contributed by atoms with Crippen LogP contribution in [0.15, 0.2) is 29.2 Å². The molecule has 0 heterocycles. The van der Waals surface area contributed by atoms with E-state index in [4.69, 9.17) is 4.74 Å². The van der Waals surface area contributed by atoms with Gasteiger partial charge in [0.2, 0.25) is 0 Å². The zero-order valence-corrected chi connectivity index (χ0v) is 11.6. The highest BCUT2D eigenvalue weighted by Gasteiger charge is 2.05. The third-order valence-corrected chi connectivity index (χ3v) is 4.46. The number of thioether (sulfide) groups is 1. The zero-order valence-electron chi connectivity index (χ0n) is 9.20. The molecule has 1 nitrogen and oxygen atoms in total. The third kappa shape index (κ3) is 4.47. The summed E-state index contributed by atoms with van der Waals surface area (Å²) in [4.78, 5) is 1.29. The van der Waals surface area contributed by atoms with Gasteiger partial charge in [0, 0.05) is 16.0 Å². The number of alkyl halides is 1. The lowest BCUT2D eigenvalue weighted by molar-refractivity contribution is 0.413. The predicted molar refractivity (Wildman–Crippen MR) is 71.3 cm³/mol. The molecule has 0 aliphatic rings. The van der Waals surface area contributed by atoms with Crippen molar-refractivity contribution in [3.05, 3.63) is 24.3 Å². The average molecular weight is 289 g/mol. The molecule has 0 radical (unpaired) electrons. The quantitative estimate of drug-likeness (QED) is 0.573. The monoisotopic (exact) mass is 288 g/mol. The first-order valence-electron chi connectivity index (χ1n) is 5.13. The van der Waals surface area contributed by atoms with E-state index in [1.807, 2.05) is 23.9 Å². The molecular formula is C12H17BrOS. The van der Waals surface area contributed by atoms with Crippen LogP contribution in [0.4, 0.5) is 0 Å². The minimum atomic E-state index is 0.751. The van der Waals surface area contributed by atoms with Crippen molar-refractivity contribution in [2.24, 2.45) is 5.92 Å². The molecule has 0 aliphatic carbocycles. The Morgan fingerprint density at radius 2 is 2.27 bits per heavy atom. The van der Waals surface area contributed by atoms with Crippen LogP contribution in [0.2, 0.25) is 0 Å². The van der Waals surface area contributed by atoms with Crippen molar-refractivity contribution in [2.75, 3.05) is 18.2 Å². The lowest BCUT2D eigenvalue weighted by Crippen LogP contribution is -2.02. The molecule has 0 spiro atoms. The topological polar surface area (TPSA) is 9.23 Å². The van der Waals surface area contributed by atoms with Crippen LogP contribution in [0.3, 0.4) is 0 Å². The Kier molecular flexibility index (Phi) is 6.18. The van der Waals surface area contributed by atoms with Gasteiger partial charge in [0.25, 0.3) is 0 Å². The molecule has 0 amide bonds. The predicted octanol–water partition coefficient (Wildman–Crippen LogP) is 4.21. The lowest BCUT2D eigenvalue weighted by Gasteiger charge is -2.10. The molecule has 3 heteroatoms. The third-order valence-electron chi connectivity index (χ3n) is 2.32. The fourth-order valence-corrected chi connectivity index (χ4v) is 3.32. The van der Waals surface area contributed by atoms with Crippen LogP contribution in [0.25, 0.3) is 0 Å². The highest BCUT2D eigenvalue weighted by atomic mass is 79.9. The zero-order chi connectivity index (χ0) is 11.1. The molecule has 0 saturated carbocycles. The van der Waals surface area contributed by atoms with Gasteiger partial charge in [0.15, 0.2) is 0 Å². The Bertz CT molecular complexity index is 287. The van der Waals surface area contributed by atoms with Gasteiger partial charge in [0.05, 0.1) is 7.11 Å². The van der Waals surface area contributed by atoms with Crippen molar-refractivity contribution in [3.63, 3.8) is 0 Å². The van der Waals surface area contributed by atoms with E-state index in [0.717, 1.165) is 22.8 Å². The Labute approximate surface area is 105 Å². The van der Waals surface area contributed by atoms with Crippen molar-refractivity contribution < 1.29 is 4.74 Å². The molecule has 0 bridgehead atoms. The Hall–Kier alpha value is -0.150. The van der Waals surface area contributed by atoms with Crippen LogP contribution in [-0.4, -0.2) is 18.2 Å². The van der Waals surface area contributed by atoms with Crippen LogP contribution in [0.5, 0.6) is 5.75 Å². The fraction of sp³-hybridized carbons (Fsp3) is 0.500. The second kappa shape index (κ2) is 7.18. The molecule has 1 aromatic carbocycles. The van der Waals surface area contributed by atoms with Gasteiger partial charge >= 0.3 is 0 Å². The number of rotatable bonds is 6. The molecule has 0 aliphatic heterocycles. The number of halogens is 1. The van der Waals surface area contributed by atoms with Crippen LogP contribution in [0, 0.1) is 5.92 Å². The Morgan fingerprint density at radius 1 is 1.47 bits per heavy atom. The van der Waals surface area contributed by atoms with Crippen LogP contribution >= 0.6 is 27.7 Å². The first-order chi connectivity index (χ1) is 7.30. The summed E-state index contributed by atoms with van der Waals surface area (Å²) < 4.78 is 5.19. The summed E-state index contributed by atoms with van der Waals surface area (Å²) in [5, 5.41) is 1.08. The first kappa shape index (κ1) is 12.9. The normalized spacial score (nSPS) is 12.5. The highest BCUT2D eigenvalue weighted by Crippen LogP contribution is 2.26. The van der Waals surface area contributed by atoms with E-state index in [9.17, 15) is 0 Å². The average Bonchev–Trinajstić information content (AvgIpc) is 2.31. The van der Waals surface area contributed by atoms with Crippen molar-refractivity contribution in [3.8, 4) is 5.75 Å². The van der Waals surface area contributed by atoms with E-state index in [1.165, 1.54) is 11.3 Å². The van der Waals surface area contributed by atoms with Gasteiger partial charge in [0.1, 0.15) is 5.75 Å². The number of hydrogen-bond acceptors (Lipinski definition) is 2. The SMILES string of the molecule is CCC(CBr)CSc1cccc(OC)c1. The van der Waals surface area contributed by atoms with Gasteiger partial charge in [-0.15, -0.1) is 11.8 Å². The van der Waals surface area contributed by atoms with E-state index in [0.29, 0.717) is 0 Å². The summed E-state index contributed by atoms with van der Waals surface area (Å²) in [7, 11) is 1.71. The molecular weight excluding hydrogens is 272 g/mol. The van der Waals surface area contributed by atoms with E-state index in [-0.39, 0.29) is 0 Å². The van der Waals surface area contributed by atoms with Gasteiger partial charge in [-0.05, 0) is 24.1 Å². The molecule has 0 fully saturated rings. The molecule has 1 rings (SSSR count). The smallest absolute Gasteiger partial charge is 0.119 e. The Morgan fingerprint density at radius 3 is 2.87 bits per heavy atom. The number of methoxy groups -OCH3 is 1. The van der Waals surface area contributed by atoms with E-state index < -0.39 is 0 Å². The van der Waals surface area contributed by atoms with Crippen LogP contribution in [-0.2, 0) is 0 Å². The van der Waals surface area contributed by atoms with E-state index in [1.54, 1.807) is 7.11 Å². The largest absolute Gasteiger partial charge is 0.497 e. The molecule has 84 valence electrons. The summed E-state index contributed by atoms with van der Waals surface area (Å²) >= 11 is 5.44. The maximum absolute atomic E-state index is 5.19. The van der Waals surface area contributed by atoms with Gasteiger partial charge in [-0.2, -0.15) is 0 Å². The summed E-state index contributed by atoms with van der Waals surface area (Å²) in [5.74, 6) is 2.85. The molecule has 1 atom stereocenters. The van der Waals surface area contributed by atoms with Crippen molar-refractivity contribution in [1.29, 1.82) is 0 Å². The lowest BCUT2D eigenvalue weighted by atomic mass is 10.2. The molecule has 1 unspecified atom stereocenters. The second-order valence-corrected chi connectivity index (χ2v) is 5.16. The van der Waals surface area contributed by atoms with Gasteiger partial charge < -0.3 is 4.74 Å². The fourth-order valence-electron chi connectivity index (χ4n) is 1.18. The molecule has 0 aromatic heterocycles. The van der Waals surface area contributed by atoms with Crippen LogP contribution < -0.4 is 4.74 Å². The number of ether oxygens (including phenoxy) is 1. The second-order valence-electron chi connectivity index (χ2n) is 3.42. The molecule has 15 heavy (non-hydrogen) atoms. The molecule has 1 aromatic rings. The van der Waals surface area contributed by atoms with Crippen LogP contribution in [0.1, 0.15) is 13.3 Å². The summed E-state index contributed by atoms with van der Waals surface area (Å²) in [6.07, 6.45) is 1.22. The Balaban J connectivity index is 2.49. The van der Waals surface area contributed by atoms with Crippen molar-refractivity contribution in [1.82, 2.24) is 0 Å². The summed E-state index contributed by atoms with van der Waals surface area (Å²) in [6, 6.07) is 8.24. The summed E-state index contributed by atoms with van der Waals surface area (Å²) in [5.41, 5.74) is 0. The molecule has 0 N–H and O–H groups in total. The van der Waals surface area contributed by atoms with Crippen molar-refractivity contribution >= 4 is 27.7 Å². The minimum Gasteiger partial charge on any atom is -0.497 e. The number of hydrogen-bond donors (Lipinski definition) is 0. The highest BCUT2D eigenvalue weighted by molar-refractivity contribution is 9.09. The van der Waals surface area contributed by atoms with Crippen molar-refractivity contribution in [2.45, 2.75) is 18.2 Å². The summed E-state index contributed by atoms with van der Waals surface area (Å²) in [6.45, 7) is 2.23. The van der Waals surface area contributed by atoms with Gasteiger partial charge in [-0.1, -0.05) is 35.3 Å². The van der Waals surface area contributed by atoms with Gasteiger partial charge in [-0.3, -0.25) is 0 Å². The maximum atomic E-state index is 5.19.